The summed E-state index contributed by atoms with van der Waals surface area (Å²) in [4.78, 5) is 31.8. The summed E-state index contributed by atoms with van der Waals surface area (Å²) in [5.41, 5.74) is 9.81. The minimum atomic E-state index is -0.896. The van der Waals surface area contributed by atoms with Crippen LogP contribution in [-0.4, -0.2) is 37.4 Å². The highest BCUT2D eigenvalue weighted by Crippen LogP contribution is 1.67. The Morgan fingerprint density at radius 2 is 1.62 bits per heavy atom. The molecule has 7 nitrogen and oxygen atoms in total. The van der Waals surface area contributed by atoms with Crippen molar-refractivity contribution in [2.24, 2.45) is 11.5 Å². The summed E-state index contributed by atoms with van der Waals surface area (Å²) >= 11 is 0. The predicted octanol–water partition coefficient (Wildman–Crippen LogP) is -3.34. The molecule has 0 saturated heterocycles. The Kier molecular flexibility index (Phi) is 5.20. The lowest BCUT2D eigenvalue weighted by molar-refractivity contribution is -0.139. The van der Waals surface area contributed by atoms with Gasteiger partial charge in [0, 0.05) is 13.1 Å². The van der Waals surface area contributed by atoms with Gasteiger partial charge in [0.2, 0.25) is 5.91 Å². The number of nitrogens with one attached hydrogen (secondary N) is 2. The molecule has 0 atom stereocenters. The highest BCUT2D eigenvalue weighted by molar-refractivity contribution is 6.35. The molecule has 0 bridgehead atoms. The van der Waals surface area contributed by atoms with Crippen molar-refractivity contribution in [1.29, 1.82) is 0 Å². The maximum atomic E-state index is 10.8. The lowest BCUT2D eigenvalue weighted by Gasteiger charge is -2.02. The van der Waals surface area contributed by atoms with Gasteiger partial charge in [-0.15, -0.1) is 0 Å². The van der Waals surface area contributed by atoms with Crippen LogP contribution in [0.15, 0.2) is 0 Å². The number of amides is 3. The van der Waals surface area contributed by atoms with Crippen LogP contribution in [0.3, 0.4) is 0 Å². The summed E-state index contributed by atoms with van der Waals surface area (Å²) in [6, 6.07) is 0. The summed E-state index contributed by atoms with van der Waals surface area (Å²) < 4.78 is 0. The lowest BCUT2D eigenvalue weighted by Crippen LogP contribution is -2.44. The van der Waals surface area contributed by atoms with Crippen molar-refractivity contribution < 1.29 is 14.4 Å². The molecule has 0 fully saturated rings. The van der Waals surface area contributed by atoms with Crippen LogP contribution in [0, 0.1) is 0 Å². The smallest absolute Gasteiger partial charge is 0.309 e. The first kappa shape index (κ1) is 11.4. The van der Waals surface area contributed by atoms with Crippen LogP contribution >= 0.6 is 0 Å². The molecule has 74 valence electrons. The van der Waals surface area contributed by atoms with E-state index in [0.717, 1.165) is 0 Å². The molecule has 0 spiro atoms. The van der Waals surface area contributed by atoms with E-state index in [2.05, 4.69) is 5.32 Å². The molecular weight excluding hydrogens is 176 g/mol. The summed E-state index contributed by atoms with van der Waals surface area (Å²) in [5, 5.41) is 4.25. The Hall–Kier alpha value is -1.63. The Labute approximate surface area is 74.8 Å². The van der Waals surface area contributed by atoms with E-state index >= 15 is 0 Å². The van der Waals surface area contributed by atoms with Gasteiger partial charge in [-0.3, -0.25) is 14.4 Å². The van der Waals surface area contributed by atoms with Crippen LogP contribution in [0.2, 0.25) is 0 Å². The number of carbonyl (C=O) groups excluding carboxylic acids is 3. The van der Waals surface area contributed by atoms with Crippen molar-refractivity contribution >= 4 is 17.7 Å². The lowest BCUT2D eigenvalue weighted by atomic mass is 10.5. The molecule has 0 aromatic carbocycles. The first-order valence-corrected chi connectivity index (χ1v) is 3.62. The minimum absolute atomic E-state index is 0.211. The van der Waals surface area contributed by atoms with E-state index in [0.29, 0.717) is 0 Å². The summed E-state index contributed by atoms with van der Waals surface area (Å²) in [6.45, 7) is 0.104. The molecule has 7 heteroatoms. The van der Waals surface area contributed by atoms with Crippen LogP contribution in [0.25, 0.3) is 0 Å². The molecular formula is C6H12N4O3. The molecule has 0 aliphatic heterocycles. The van der Waals surface area contributed by atoms with Gasteiger partial charge in [0.15, 0.2) is 0 Å². The maximum absolute atomic E-state index is 10.8. The normalized spacial score (nSPS) is 9.00. The third-order valence-electron chi connectivity index (χ3n) is 1.06. The van der Waals surface area contributed by atoms with Gasteiger partial charge in [0.25, 0.3) is 0 Å². The van der Waals surface area contributed by atoms with Gasteiger partial charge in [0.05, 0.1) is 6.54 Å². The SMILES string of the molecule is NCCNC(=O)C(=O)NCC(N)=O. The van der Waals surface area contributed by atoms with E-state index in [1.165, 1.54) is 0 Å². The first-order chi connectivity index (χ1) is 6.07. The molecule has 13 heavy (non-hydrogen) atoms. The van der Waals surface area contributed by atoms with E-state index < -0.39 is 17.7 Å². The van der Waals surface area contributed by atoms with Gasteiger partial charge in [-0.05, 0) is 0 Å². The molecule has 6 N–H and O–H groups in total. The standard InChI is InChI=1S/C6H12N4O3/c7-1-2-9-5(12)6(13)10-3-4(8)11/h1-3,7H2,(H2,8,11)(H,9,12)(H,10,13). The molecule has 0 saturated carbocycles. The van der Waals surface area contributed by atoms with Crippen LogP contribution < -0.4 is 22.1 Å². The fraction of sp³-hybridized carbons (Fsp3) is 0.500. The van der Waals surface area contributed by atoms with Crippen LogP contribution in [-0.2, 0) is 14.4 Å². The van der Waals surface area contributed by atoms with Gasteiger partial charge < -0.3 is 22.1 Å². The van der Waals surface area contributed by atoms with Crippen LogP contribution in [0.5, 0.6) is 0 Å². The van der Waals surface area contributed by atoms with Crippen LogP contribution in [0.4, 0.5) is 0 Å². The largest absolute Gasteiger partial charge is 0.368 e. The van der Waals surface area contributed by atoms with Crippen molar-refractivity contribution in [2.75, 3.05) is 19.6 Å². The fourth-order valence-electron chi connectivity index (χ4n) is 0.514. The number of rotatable bonds is 4. The summed E-state index contributed by atoms with van der Waals surface area (Å²) in [7, 11) is 0. The monoisotopic (exact) mass is 188 g/mol. The average molecular weight is 188 g/mol. The Morgan fingerprint density at radius 3 is 2.08 bits per heavy atom. The van der Waals surface area contributed by atoms with Crippen molar-refractivity contribution in [3.8, 4) is 0 Å². The zero-order valence-corrected chi connectivity index (χ0v) is 7.00. The number of carbonyl (C=O) groups is 3. The van der Waals surface area contributed by atoms with E-state index in [1.54, 1.807) is 0 Å². The molecule has 0 aromatic heterocycles. The van der Waals surface area contributed by atoms with Gasteiger partial charge in [0.1, 0.15) is 0 Å². The second-order valence-electron chi connectivity index (χ2n) is 2.19. The Morgan fingerprint density at radius 1 is 1.08 bits per heavy atom. The third kappa shape index (κ3) is 5.62. The zero-order chi connectivity index (χ0) is 10.3. The van der Waals surface area contributed by atoms with Crippen LogP contribution in [0.1, 0.15) is 0 Å². The van der Waals surface area contributed by atoms with E-state index in [9.17, 15) is 14.4 Å². The highest BCUT2D eigenvalue weighted by Gasteiger charge is 2.11. The van der Waals surface area contributed by atoms with Crippen molar-refractivity contribution in [2.45, 2.75) is 0 Å². The quantitative estimate of drug-likeness (QED) is 0.344. The average Bonchev–Trinajstić information content (AvgIpc) is 2.10. The summed E-state index contributed by atoms with van der Waals surface area (Å²) in [5.74, 6) is -2.43. The zero-order valence-electron chi connectivity index (χ0n) is 7.00. The first-order valence-electron chi connectivity index (χ1n) is 3.62. The predicted molar refractivity (Wildman–Crippen MR) is 44.3 cm³/mol. The molecule has 0 heterocycles. The van der Waals surface area contributed by atoms with Gasteiger partial charge >= 0.3 is 11.8 Å². The second-order valence-corrected chi connectivity index (χ2v) is 2.19. The minimum Gasteiger partial charge on any atom is -0.368 e. The number of primary amides is 1. The maximum Gasteiger partial charge on any atom is 0.309 e. The molecule has 0 aromatic rings. The van der Waals surface area contributed by atoms with E-state index in [-0.39, 0.29) is 19.6 Å². The number of nitrogens with two attached hydrogens (primary N) is 2. The molecule has 0 rings (SSSR count). The third-order valence-corrected chi connectivity index (χ3v) is 1.06. The Balaban J connectivity index is 3.70. The van der Waals surface area contributed by atoms with Gasteiger partial charge in [-0.25, -0.2) is 0 Å². The molecule has 0 aliphatic carbocycles. The molecule has 3 amide bonds. The molecule has 0 radical (unpaired) electrons. The topological polar surface area (TPSA) is 127 Å². The highest BCUT2D eigenvalue weighted by atomic mass is 16.2. The number of hydrogen-bond acceptors (Lipinski definition) is 4. The summed E-state index contributed by atoms with van der Waals surface area (Å²) in [6.07, 6.45) is 0. The Bertz CT molecular complexity index is 216. The number of hydrogen-bond donors (Lipinski definition) is 4. The van der Waals surface area contributed by atoms with E-state index in [1.807, 2.05) is 5.32 Å². The van der Waals surface area contributed by atoms with Gasteiger partial charge in [-0.1, -0.05) is 0 Å². The van der Waals surface area contributed by atoms with Crippen molar-refractivity contribution in [3.63, 3.8) is 0 Å². The van der Waals surface area contributed by atoms with E-state index in [4.69, 9.17) is 11.5 Å². The second kappa shape index (κ2) is 5.95. The molecule has 0 unspecified atom stereocenters. The molecule has 0 aliphatic rings. The fourth-order valence-corrected chi connectivity index (χ4v) is 0.514. The van der Waals surface area contributed by atoms with Crippen molar-refractivity contribution in [1.82, 2.24) is 10.6 Å². The van der Waals surface area contributed by atoms with Crippen molar-refractivity contribution in [3.05, 3.63) is 0 Å². The van der Waals surface area contributed by atoms with Gasteiger partial charge in [-0.2, -0.15) is 0 Å².